The molecule has 6 atom stereocenters. The van der Waals surface area contributed by atoms with Crippen molar-refractivity contribution in [3.8, 4) is 5.75 Å². The summed E-state index contributed by atoms with van der Waals surface area (Å²) in [6.45, 7) is -0.226. The van der Waals surface area contributed by atoms with Crippen molar-refractivity contribution in [3.05, 3.63) is 57.9 Å². The highest BCUT2D eigenvalue weighted by Gasteiger charge is 2.69. The van der Waals surface area contributed by atoms with Crippen molar-refractivity contribution in [3.63, 3.8) is 0 Å². The molecule has 0 radical (unpaired) electrons. The number of carbonyl (C=O) groups excluding carboxylic acids is 5. The highest BCUT2D eigenvalue weighted by atomic mass is 19.2. The second-order valence-electron chi connectivity index (χ2n) is 12.4. The van der Waals surface area contributed by atoms with Crippen LogP contribution in [0.25, 0.3) is 0 Å². The summed E-state index contributed by atoms with van der Waals surface area (Å²) < 4.78 is 40.7. The minimum atomic E-state index is -2.84. The van der Waals surface area contributed by atoms with E-state index in [1.54, 1.807) is 25.1 Å². The Bertz CT molecular complexity index is 1640. The van der Waals surface area contributed by atoms with Gasteiger partial charge in [0.1, 0.15) is 5.75 Å². The van der Waals surface area contributed by atoms with Crippen LogP contribution >= 0.6 is 0 Å². The summed E-state index contributed by atoms with van der Waals surface area (Å²) >= 11 is 0. The Balaban J connectivity index is 1.53. The molecule has 0 spiro atoms. The Morgan fingerprint density at radius 2 is 1.64 bits per heavy atom. The van der Waals surface area contributed by atoms with Crippen LogP contribution < -0.4 is 16.0 Å². The molecule has 0 bridgehead atoms. The van der Waals surface area contributed by atoms with Gasteiger partial charge in [-0.3, -0.25) is 28.9 Å². The van der Waals surface area contributed by atoms with Gasteiger partial charge in [0, 0.05) is 44.4 Å². The fourth-order valence-electron chi connectivity index (χ4n) is 7.29. The zero-order chi connectivity index (χ0) is 33.3. The molecule has 5 rings (SSSR count). The van der Waals surface area contributed by atoms with Gasteiger partial charge in [-0.05, 0) is 62.2 Å². The van der Waals surface area contributed by atoms with Crippen LogP contribution in [-0.2, 0) is 38.7 Å². The maximum atomic E-state index is 14.1. The molecular weight excluding hydrogens is 597 g/mol. The summed E-state index contributed by atoms with van der Waals surface area (Å²) in [5.74, 6) is -15.9. The normalized spacial score (nSPS) is 27.7. The molecule has 3 unspecified atom stereocenters. The molecule has 0 heterocycles. The number of primary amides is 1. The first-order valence-corrected chi connectivity index (χ1v) is 14.3. The number of nitrogens with one attached hydrogen (secondary N) is 1. The van der Waals surface area contributed by atoms with Crippen LogP contribution in [0.15, 0.2) is 18.2 Å². The van der Waals surface area contributed by atoms with Gasteiger partial charge in [-0.25, -0.2) is 13.2 Å². The van der Waals surface area contributed by atoms with E-state index in [9.17, 15) is 47.4 Å². The lowest BCUT2D eigenvalue weighted by Crippen LogP contribution is -2.74. The third kappa shape index (κ3) is 4.91. The Labute approximate surface area is 256 Å². The average Bonchev–Trinajstić information content (AvgIpc) is 2.94. The molecular formula is C31H33F3N4O7. The van der Waals surface area contributed by atoms with Gasteiger partial charge in [-0.1, -0.05) is 0 Å². The molecule has 14 heteroatoms. The fraction of sp³-hybridized carbons (Fsp3) is 0.452. The Morgan fingerprint density at radius 3 is 2.20 bits per heavy atom. The lowest BCUT2D eigenvalue weighted by Gasteiger charge is -2.52. The number of benzene rings is 2. The first-order valence-electron chi connectivity index (χ1n) is 14.3. The van der Waals surface area contributed by atoms with Crippen molar-refractivity contribution >= 4 is 34.7 Å². The maximum absolute atomic E-state index is 14.1. The molecule has 3 aliphatic rings. The molecule has 11 nitrogen and oxygen atoms in total. The number of Topliss-reactive ketones (excluding diaryl/α,β-unsaturated/α-hetero) is 4. The van der Waals surface area contributed by atoms with E-state index in [0.717, 1.165) is 12.1 Å². The van der Waals surface area contributed by atoms with E-state index in [0.29, 0.717) is 11.3 Å². The van der Waals surface area contributed by atoms with Crippen LogP contribution in [0.3, 0.4) is 0 Å². The highest BCUT2D eigenvalue weighted by Crippen LogP contribution is 2.52. The molecule has 2 aromatic carbocycles. The lowest BCUT2D eigenvalue weighted by atomic mass is 9.52. The van der Waals surface area contributed by atoms with Crippen LogP contribution in [-0.4, -0.2) is 84.0 Å². The van der Waals surface area contributed by atoms with Gasteiger partial charge in [-0.2, -0.15) is 0 Å². The van der Waals surface area contributed by atoms with Crippen molar-refractivity contribution in [2.24, 2.45) is 29.4 Å². The number of halogens is 3. The number of ketones is 4. The van der Waals surface area contributed by atoms with Gasteiger partial charge in [0.15, 0.2) is 52.1 Å². The number of amides is 1. The van der Waals surface area contributed by atoms with E-state index in [1.165, 1.54) is 19.0 Å². The Hall–Kier alpha value is -4.14. The molecule has 1 amide bonds. The molecule has 2 fully saturated rings. The van der Waals surface area contributed by atoms with E-state index in [2.05, 4.69) is 5.32 Å². The van der Waals surface area contributed by atoms with Crippen LogP contribution in [0.1, 0.15) is 33.5 Å². The van der Waals surface area contributed by atoms with Gasteiger partial charge in [0.05, 0.1) is 17.5 Å². The molecule has 45 heavy (non-hydrogen) atoms. The van der Waals surface area contributed by atoms with E-state index in [1.807, 2.05) is 0 Å². The zero-order valence-corrected chi connectivity index (χ0v) is 25.0. The molecule has 0 aliphatic heterocycles. The van der Waals surface area contributed by atoms with Crippen molar-refractivity contribution < 1.29 is 47.4 Å². The van der Waals surface area contributed by atoms with Gasteiger partial charge >= 0.3 is 0 Å². The largest absolute Gasteiger partial charge is 0.507 e. The van der Waals surface area contributed by atoms with Crippen LogP contribution in [0.2, 0.25) is 0 Å². The van der Waals surface area contributed by atoms with Crippen LogP contribution in [0, 0.1) is 41.1 Å². The number of hydrogen-bond acceptors (Lipinski definition) is 10. The minimum absolute atomic E-state index is 0.0778. The molecule has 0 aromatic heterocycles. The molecule has 240 valence electrons. The van der Waals surface area contributed by atoms with Crippen LogP contribution in [0.5, 0.6) is 5.75 Å². The summed E-state index contributed by atoms with van der Waals surface area (Å²) in [7, 11) is 6.44. The molecule has 5 N–H and O–H groups in total. The number of hydrogen-bond donors (Lipinski definition) is 4. The zero-order valence-electron chi connectivity index (χ0n) is 25.0. The summed E-state index contributed by atoms with van der Waals surface area (Å²) in [6, 6.07) is 2.06. The molecule has 2 saturated carbocycles. The quantitative estimate of drug-likeness (QED) is 0.252. The Kier molecular flexibility index (Phi) is 8.13. The molecule has 3 aliphatic carbocycles. The lowest BCUT2D eigenvalue weighted by molar-refractivity contribution is -0.181. The van der Waals surface area contributed by atoms with Crippen LogP contribution in [0.4, 0.5) is 18.9 Å². The summed E-state index contributed by atoms with van der Waals surface area (Å²) in [5.41, 5.74) is 3.59. The topological polar surface area (TPSA) is 170 Å². The first-order chi connectivity index (χ1) is 21.0. The first kappa shape index (κ1) is 32.3. The SMILES string of the molecule is CN(C)c1cc(CNCc2cc(F)c(F)c(F)c2)c(O)c2c1C[C@@H]1C[C@@H]3C(N(C)C)C(=O)C(C(N)=O)C(=O)[C@]3(O)C(=O)C1C2=O. The van der Waals surface area contributed by atoms with Crippen molar-refractivity contribution in [1.82, 2.24) is 10.2 Å². The predicted octanol–water partition coefficient (Wildman–Crippen LogP) is 0.640. The maximum Gasteiger partial charge on any atom is 0.235 e. The van der Waals surface area contributed by atoms with E-state index < -0.39 is 87.6 Å². The number of likely N-dealkylation sites (N-methyl/N-ethyl adjacent to an activating group) is 1. The fourth-order valence-corrected chi connectivity index (χ4v) is 7.29. The van der Waals surface area contributed by atoms with E-state index in [-0.39, 0.29) is 42.6 Å². The van der Waals surface area contributed by atoms with Crippen molar-refractivity contribution in [1.29, 1.82) is 0 Å². The average molecular weight is 631 g/mol. The number of rotatable bonds is 7. The third-order valence-electron chi connectivity index (χ3n) is 9.29. The molecule has 2 aromatic rings. The van der Waals surface area contributed by atoms with E-state index in [4.69, 9.17) is 5.73 Å². The number of aliphatic hydroxyl groups is 1. The highest BCUT2D eigenvalue weighted by molar-refractivity contribution is 6.32. The van der Waals surface area contributed by atoms with Gasteiger partial charge in [0.25, 0.3) is 0 Å². The van der Waals surface area contributed by atoms with Gasteiger partial charge in [-0.15, -0.1) is 0 Å². The molecule has 0 saturated heterocycles. The number of nitrogens with two attached hydrogens (primary N) is 1. The minimum Gasteiger partial charge on any atom is -0.507 e. The standard InChI is InChI=1S/C31H33F3N4O7/c1-37(2)19-9-14(11-36-10-12-5-17(32)23(34)18(33)6-12)25(39)21-15(19)7-13-8-16-24(38(3)4)27(41)22(30(35)44)29(43)31(16,45)28(42)20(13)26(21)40/h5-6,9,13,16,20,22,24,36,39,45H,7-8,10-11H2,1-4H3,(H2,35,44)/t13-,16-,20?,22?,24?,31-/m1/s1. The number of carbonyl (C=O) groups is 5. The number of fused-ring (bicyclic) bond motifs is 3. The number of phenolic OH excluding ortho intramolecular Hbond substituents is 1. The summed E-state index contributed by atoms with van der Waals surface area (Å²) in [4.78, 5) is 70.1. The van der Waals surface area contributed by atoms with E-state index >= 15 is 0 Å². The smallest absolute Gasteiger partial charge is 0.235 e. The van der Waals surface area contributed by atoms with Gasteiger partial charge < -0.3 is 26.2 Å². The van der Waals surface area contributed by atoms with Gasteiger partial charge in [0.2, 0.25) is 5.91 Å². The number of aromatic hydroxyl groups is 1. The predicted molar refractivity (Wildman–Crippen MR) is 153 cm³/mol. The Morgan fingerprint density at radius 1 is 1.02 bits per heavy atom. The number of phenols is 1. The number of anilines is 1. The monoisotopic (exact) mass is 630 g/mol. The van der Waals surface area contributed by atoms with Crippen molar-refractivity contribution in [2.75, 3.05) is 33.1 Å². The van der Waals surface area contributed by atoms with Crippen molar-refractivity contribution in [2.45, 2.75) is 37.6 Å². The summed E-state index contributed by atoms with van der Waals surface area (Å²) in [5, 5.41) is 26.0. The summed E-state index contributed by atoms with van der Waals surface area (Å²) in [6.07, 6.45) is 0.0143. The second-order valence-corrected chi connectivity index (χ2v) is 12.4. The number of nitrogens with zero attached hydrogens (tertiary/aromatic N) is 2. The third-order valence-corrected chi connectivity index (χ3v) is 9.29. The second kappa shape index (κ2) is 11.3.